The molecule has 0 spiro atoms. The lowest BCUT2D eigenvalue weighted by molar-refractivity contribution is -0.183. The van der Waals surface area contributed by atoms with E-state index in [9.17, 15) is 27.2 Å². The summed E-state index contributed by atoms with van der Waals surface area (Å²) in [4.78, 5) is 24.9. The van der Waals surface area contributed by atoms with Gasteiger partial charge in [-0.1, -0.05) is 56.3 Å². The van der Waals surface area contributed by atoms with Gasteiger partial charge in [-0.2, -0.15) is 13.2 Å². The summed E-state index contributed by atoms with van der Waals surface area (Å²) in [5.41, 5.74) is 1.28. The molecular formula is C23H26F4N2O3. The Balaban J connectivity index is 1.98. The number of nitrogens with one attached hydrogen (secondary N) is 2. The van der Waals surface area contributed by atoms with Crippen molar-refractivity contribution in [1.82, 2.24) is 10.6 Å². The molecule has 0 aliphatic heterocycles. The highest BCUT2D eigenvalue weighted by Crippen LogP contribution is 2.26. The first-order chi connectivity index (χ1) is 15.1. The van der Waals surface area contributed by atoms with E-state index in [-0.39, 0.29) is 13.2 Å². The molecule has 0 saturated carbocycles. The van der Waals surface area contributed by atoms with Crippen LogP contribution in [-0.2, 0) is 27.5 Å². The van der Waals surface area contributed by atoms with E-state index in [1.54, 1.807) is 44.2 Å². The zero-order valence-corrected chi connectivity index (χ0v) is 17.8. The number of carbonyl (C=O) groups excluding carboxylic acids is 2. The molecule has 0 bridgehead atoms. The van der Waals surface area contributed by atoms with Crippen LogP contribution < -0.4 is 10.6 Å². The van der Waals surface area contributed by atoms with E-state index in [0.29, 0.717) is 11.1 Å². The second-order valence-corrected chi connectivity index (χ2v) is 7.68. The third-order valence-electron chi connectivity index (χ3n) is 4.74. The number of hydrogen-bond acceptors (Lipinski definition) is 4. The first-order valence-corrected chi connectivity index (χ1v) is 10.1. The molecule has 1 amide bonds. The standard InChI is InChI=1S/C23H26F4N2O3/c1-15(2)20(22(31)32-14-17-6-4-3-5-7-17)29-21(30)19(23(25,26)27)13-28-12-16-8-10-18(24)11-9-16/h3-11,15,19-20,28H,12-14H2,1-2H3,(H,29,30)/t19-,20-/m0/s1. The minimum atomic E-state index is -4.82. The van der Waals surface area contributed by atoms with Crippen LogP contribution in [0.25, 0.3) is 0 Å². The third-order valence-corrected chi connectivity index (χ3v) is 4.74. The Labute approximate surface area is 184 Å². The van der Waals surface area contributed by atoms with Gasteiger partial charge in [-0.15, -0.1) is 0 Å². The van der Waals surface area contributed by atoms with Gasteiger partial charge in [0.1, 0.15) is 24.4 Å². The molecule has 5 nitrogen and oxygen atoms in total. The van der Waals surface area contributed by atoms with Gasteiger partial charge in [-0.3, -0.25) is 4.79 Å². The predicted molar refractivity (Wildman–Crippen MR) is 111 cm³/mol. The van der Waals surface area contributed by atoms with Crippen molar-refractivity contribution < 1.29 is 31.9 Å². The number of rotatable bonds is 10. The highest BCUT2D eigenvalue weighted by Gasteiger charge is 2.45. The van der Waals surface area contributed by atoms with Crippen molar-refractivity contribution in [2.45, 2.75) is 39.2 Å². The van der Waals surface area contributed by atoms with Crippen LogP contribution in [0.2, 0.25) is 0 Å². The van der Waals surface area contributed by atoms with E-state index < -0.39 is 48.3 Å². The summed E-state index contributed by atoms with van der Waals surface area (Å²) in [5.74, 6) is -5.44. The van der Waals surface area contributed by atoms with Gasteiger partial charge in [0.15, 0.2) is 0 Å². The van der Waals surface area contributed by atoms with Crippen molar-refractivity contribution in [3.05, 3.63) is 71.5 Å². The maximum absolute atomic E-state index is 13.5. The molecule has 32 heavy (non-hydrogen) atoms. The molecule has 0 aromatic heterocycles. The molecule has 2 atom stereocenters. The summed E-state index contributed by atoms with van der Waals surface area (Å²) in [7, 11) is 0. The summed E-state index contributed by atoms with van der Waals surface area (Å²) in [6.45, 7) is 2.47. The number of amides is 1. The average molecular weight is 454 g/mol. The van der Waals surface area contributed by atoms with Crippen LogP contribution in [0, 0.1) is 17.7 Å². The molecule has 174 valence electrons. The van der Waals surface area contributed by atoms with Crippen molar-refractivity contribution in [3.8, 4) is 0 Å². The molecule has 2 rings (SSSR count). The van der Waals surface area contributed by atoms with Crippen LogP contribution in [-0.4, -0.2) is 30.6 Å². The fourth-order valence-corrected chi connectivity index (χ4v) is 2.89. The highest BCUT2D eigenvalue weighted by atomic mass is 19.4. The molecule has 0 fully saturated rings. The Morgan fingerprint density at radius 1 is 0.969 bits per heavy atom. The number of hydrogen-bond donors (Lipinski definition) is 2. The Kier molecular flexibility index (Phi) is 9.19. The molecule has 9 heteroatoms. The lowest BCUT2D eigenvalue weighted by atomic mass is 10.0. The van der Waals surface area contributed by atoms with Crippen LogP contribution in [0.5, 0.6) is 0 Å². The smallest absolute Gasteiger partial charge is 0.401 e. The molecule has 2 aromatic carbocycles. The Morgan fingerprint density at radius 2 is 1.59 bits per heavy atom. The van der Waals surface area contributed by atoms with Crippen LogP contribution in [0.1, 0.15) is 25.0 Å². The summed E-state index contributed by atoms with van der Waals surface area (Å²) in [6.07, 6.45) is -4.82. The van der Waals surface area contributed by atoms with Crippen LogP contribution >= 0.6 is 0 Å². The van der Waals surface area contributed by atoms with Crippen LogP contribution in [0.15, 0.2) is 54.6 Å². The van der Waals surface area contributed by atoms with Crippen LogP contribution in [0.4, 0.5) is 17.6 Å². The Bertz CT molecular complexity index is 871. The average Bonchev–Trinajstić information content (AvgIpc) is 2.74. The van der Waals surface area contributed by atoms with E-state index in [1.165, 1.54) is 24.3 Å². The zero-order valence-electron chi connectivity index (χ0n) is 17.8. The van der Waals surface area contributed by atoms with Crippen molar-refractivity contribution in [2.75, 3.05) is 6.54 Å². The van der Waals surface area contributed by atoms with Crippen molar-refractivity contribution in [3.63, 3.8) is 0 Å². The first-order valence-electron chi connectivity index (χ1n) is 10.1. The lowest BCUT2D eigenvalue weighted by Crippen LogP contribution is -2.52. The van der Waals surface area contributed by atoms with Gasteiger partial charge in [-0.05, 0) is 29.2 Å². The third kappa shape index (κ3) is 7.96. The van der Waals surface area contributed by atoms with Gasteiger partial charge in [0, 0.05) is 13.1 Å². The minimum absolute atomic E-state index is 0.0207. The van der Waals surface area contributed by atoms with E-state index in [1.807, 2.05) is 0 Å². The van der Waals surface area contributed by atoms with E-state index in [2.05, 4.69) is 10.6 Å². The Hall–Kier alpha value is -2.94. The summed E-state index contributed by atoms with van der Waals surface area (Å²) in [6, 6.07) is 12.8. The SMILES string of the molecule is CC(C)[C@H](NC(=O)[C@H](CNCc1ccc(F)cc1)C(F)(F)F)C(=O)OCc1ccccc1. The van der Waals surface area contributed by atoms with Gasteiger partial charge in [0.05, 0.1) is 0 Å². The first kappa shape index (κ1) is 25.3. The van der Waals surface area contributed by atoms with Gasteiger partial charge in [0.25, 0.3) is 0 Å². The monoisotopic (exact) mass is 454 g/mol. The van der Waals surface area contributed by atoms with Crippen molar-refractivity contribution >= 4 is 11.9 Å². The normalized spacial score (nSPS) is 13.5. The Morgan fingerprint density at radius 3 is 2.16 bits per heavy atom. The summed E-state index contributed by atoms with van der Waals surface area (Å²) in [5, 5.41) is 4.76. The van der Waals surface area contributed by atoms with Crippen molar-refractivity contribution in [2.24, 2.45) is 11.8 Å². The largest absolute Gasteiger partial charge is 0.459 e. The molecule has 0 saturated heterocycles. The number of ether oxygens (including phenoxy) is 1. The zero-order chi connectivity index (χ0) is 23.7. The maximum Gasteiger partial charge on any atom is 0.401 e. The second kappa shape index (κ2) is 11.6. The number of carbonyl (C=O) groups is 2. The molecule has 0 aliphatic carbocycles. The molecule has 0 unspecified atom stereocenters. The van der Waals surface area contributed by atoms with Gasteiger partial charge >= 0.3 is 12.1 Å². The van der Waals surface area contributed by atoms with E-state index >= 15 is 0 Å². The fraction of sp³-hybridized carbons (Fsp3) is 0.391. The molecule has 0 heterocycles. The molecule has 2 N–H and O–H groups in total. The summed E-state index contributed by atoms with van der Waals surface area (Å²) < 4.78 is 58.6. The topological polar surface area (TPSA) is 67.4 Å². The van der Waals surface area contributed by atoms with E-state index in [4.69, 9.17) is 4.74 Å². The van der Waals surface area contributed by atoms with Gasteiger partial charge in [-0.25, -0.2) is 9.18 Å². The lowest BCUT2D eigenvalue weighted by Gasteiger charge is -2.25. The highest BCUT2D eigenvalue weighted by molar-refractivity contribution is 5.86. The quantitative estimate of drug-likeness (QED) is 0.421. The van der Waals surface area contributed by atoms with Crippen molar-refractivity contribution in [1.29, 1.82) is 0 Å². The van der Waals surface area contributed by atoms with Gasteiger partial charge < -0.3 is 15.4 Å². The molecular weight excluding hydrogens is 428 g/mol. The number of esters is 1. The second-order valence-electron chi connectivity index (χ2n) is 7.68. The van der Waals surface area contributed by atoms with E-state index in [0.717, 1.165) is 0 Å². The number of halogens is 4. The fourth-order valence-electron chi connectivity index (χ4n) is 2.89. The summed E-state index contributed by atoms with van der Waals surface area (Å²) >= 11 is 0. The van der Waals surface area contributed by atoms with Crippen LogP contribution in [0.3, 0.4) is 0 Å². The van der Waals surface area contributed by atoms with Gasteiger partial charge in [0.2, 0.25) is 5.91 Å². The predicted octanol–water partition coefficient (Wildman–Crippen LogP) is 3.98. The minimum Gasteiger partial charge on any atom is -0.459 e. The number of benzene rings is 2. The number of alkyl halides is 3. The molecule has 0 aliphatic rings. The molecule has 2 aromatic rings. The molecule has 0 radical (unpaired) electrons. The maximum atomic E-state index is 13.5.